The first-order chi connectivity index (χ1) is 12.0. The van der Waals surface area contributed by atoms with E-state index in [1.54, 1.807) is 18.2 Å². The standard InChI is InChI=1S/C15H10ClN5O3S/c16-14-2-1-3-15(13(14)8-17)24-11-4-6-12(7-5-11)25(22,23)20-21-9-18-19-10-21/h1-7,9-10,20H. The average Bonchev–Trinajstić information content (AvgIpc) is 3.08. The van der Waals surface area contributed by atoms with Gasteiger partial charge < -0.3 is 4.74 Å². The van der Waals surface area contributed by atoms with E-state index in [0.717, 1.165) is 4.68 Å². The van der Waals surface area contributed by atoms with Crippen molar-refractivity contribution in [3.8, 4) is 17.6 Å². The lowest BCUT2D eigenvalue weighted by Gasteiger charge is -2.10. The maximum atomic E-state index is 12.2. The van der Waals surface area contributed by atoms with Crippen molar-refractivity contribution in [2.24, 2.45) is 0 Å². The first-order valence-corrected chi connectivity index (χ1v) is 8.70. The summed E-state index contributed by atoms with van der Waals surface area (Å²) in [6.45, 7) is 0. The van der Waals surface area contributed by atoms with E-state index in [-0.39, 0.29) is 21.2 Å². The van der Waals surface area contributed by atoms with Crippen LogP contribution >= 0.6 is 11.6 Å². The van der Waals surface area contributed by atoms with Gasteiger partial charge in [-0.2, -0.15) is 13.7 Å². The van der Waals surface area contributed by atoms with Crippen molar-refractivity contribution in [3.05, 3.63) is 65.7 Å². The van der Waals surface area contributed by atoms with Crippen LogP contribution in [0.3, 0.4) is 0 Å². The number of sulfonamides is 1. The molecule has 0 saturated carbocycles. The fourth-order valence-corrected chi connectivity index (χ4v) is 3.13. The molecule has 0 atom stereocenters. The Morgan fingerprint density at radius 2 is 1.80 bits per heavy atom. The van der Waals surface area contributed by atoms with E-state index < -0.39 is 10.0 Å². The number of hydrogen-bond donors (Lipinski definition) is 1. The van der Waals surface area contributed by atoms with Crippen molar-refractivity contribution in [2.45, 2.75) is 4.90 Å². The minimum absolute atomic E-state index is 0.0279. The first kappa shape index (κ1) is 16.8. The Hall–Kier alpha value is -3.09. The predicted octanol–water partition coefficient (Wildman–Crippen LogP) is 2.53. The van der Waals surface area contributed by atoms with Gasteiger partial charge >= 0.3 is 0 Å². The van der Waals surface area contributed by atoms with Gasteiger partial charge in [0.2, 0.25) is 0 Å². The van der Waals surface area contributed by atoms with Gasteiger partial charge in [-0.05, 0) is 36.4 Å². The van der Waals surface area contributed by atoms with E-state index in [0.29, 0.717) is 5.75 Å². The third kappa shape index (κ3) is 3.71. The molecule has 0 aliphatic heterocycles. The Labute approximate surface area is 148 Å². The zero-order valence-electron chi connectivity index (χ0n) is 12.5. The number of aromatic nitrogens is 3. The molecule has 0 radical (unpaired) electrons. The molecule has 0 aliphatic rings. The molecule has 1 aromatic heterocycles. The summed E-state index contributed by atoms with van der Waals surface area (Å²) >= 11 is 5.95. The molecule has 2 aromatic carbocycles. The Kier molecular flexibility index (Phi) is 4.56. The second-order valence-corrected chi connectivity index (χ2v) is 6.83. The SMILES string of the molecule is N#Cc1c(Cl)cccc1Oc1ccc(S(=O)(=O)Nn2cnnc2)cc1. The van der Waals surface area contributed by atoms with E-state index in [1.807, 2.05) is 6.07 Å². The van der Waals surface area contributed by atoms with Gasteiger partial charge in [-0.3, -0.25) is 0 Å². The molecule has 0 bridgehead atoms. The molecular formula is C15H10ClN5O3S. The van der Waals surface area contributed by atoms with Crippen molar-refractivity contribution in [2.75, 3.05) is 4.83 Å². The van der Waals surface area contributed by atoms with Gasteiger partial charge in [-0.25, -0.2) is 9.51 Å². The number of nitrogens with zero attached hydrogens (tertiary/aromatic N) is 4. The maximum absolute atomic E-state index is 12.2. The van der Waals surface area contributed by atoms with Crippen LogP contribution in [0.1, 0.15) is 5.56 Å². The molecule has 1 N–H and O–H groups in total. The molecule has 0 saturated heterocycles. The number of halogens is 1. The molecule has 0 spiro atoms. The summed E-state index contributed by atoms with van der Waals surface area (Å²) < 4.78 is 31.2. The number of nitriles is 1. The highest BCUT2D eigenvalue weighted by Crippen LogP contribution is 2.30. The summed E-state index contributed by atoms with van der Waals surface area (Å²) in [6.07, 6.45) is 2.44. The molecule has 3 rings (SSSR count). The first-order valence-electron chi connectivity index (χ1n) is 6.83. The number of nitrogens with one attached hydrogen (secondary N) is 1. The van der Waals surface area contributed by atoms with E-state index >= 15 is 0 Å². The highest BCUT2D eigenvalue weighted by atomic mass is 35.5. The van der Waals surface area contributed by atoms with Crippen molar-refractivity contribution >= 4 is 21.6 Å². The van der Waals surface area contributed by atoms with Crippen LogP contribution in [0.15, 0.2) is 60.0 Å². The van der Waals surface area contributed by atoms with E-state index in [2.05, 4.69) is 15.0 Å². The molecule has 0 amide bonds. The van der Waals surface area contributed by atoms with Crippen LogP contribution in [0.2, 0.25) is 5.02 Å². The zero-order valence-corrected chi connectivity index (χ0v) is 14.1. The van der Waals surface area contributed by atoms with Gasteiger partial charge in [0.1, 0.15) is 35.8 Å². The fourth-order valence-electron chi connectivity index (χ4n) is 1.95. The van der Waals surface area contributed by atoms with Gasteiger partial charge in [-0.15, -0.1) is 10.2 Å². The van der Waals surface area contributed by atoms with Crippen LogP contribution < -0.4 is 9.57 Å². The zero-order chi connectivity index (χ0) is 17.9. The van der Waals surface area contributed by atoms with E-state index in [4.69, 9.17) is 21.6 Å². The summed E-state index contributed by atoms with van der Waals surface area (Å²) in [6, 6.07) is 12.5. The van der Waals surface area contributed by atoms with Gasteiger partial charge in [-0.1, -0.05) is 17.7 Å². The minimum Gasteiger partial charge on any atom is -0.456 e. The lowest BCUT2D eigenvalue weighted by Crippen LogP contribution is -2.21. The molecule has 10 heteroatoms. The lowest BCUT2D eigenvalue weighted by atomic mass is 10.2. The largest absolute Gasteiger partial charge is 0.456 e. The molecule has 0 unspecified atom stereocenters. The molecule has 8 nitrogen and oxygen atoms in total. The maximum Gasteiger partial charge on any atom is 0.275 e. The number of hydrogen-bond acceptors (Lipinski definition) is 6. The smallest absolute Gasteiger partial charge is 0.275 e. The molecule has 1 heterocycles. The Morgan fingerprint density at radius 3 is 2.44 bits per heavy atom. The predicted molar refractivity (Wildman–Crippen MR) is 89.3 cm³/mol. The lowest BCUT2D eigenvalue weighted by molar-refractivity contribution is 0.480. The number of rotatable bonds is 5. The molecule has 0 aliphatic carbocycles. The Balaban J connectivity index is 1.81. The normalized spacial score (nSPS) is 10.9. The van der Waals surface area contributed by atoms with E-state index in [9.17, 15) is 8.42 Å². The summed E-state index contributed by atoms with van der Waals surface area (Å²) in [5.74, 6) is 0.648. The highest BCUT2D eigenvalue weighted by Gasteiger charge is 2.15. The molecular weight excluding hydrogens is 366 g/mol. The number of benzene rings is 2. The Morgan fingerprint density at radius 1 is 1.12 bits per heavy atom. The van der Waals surface area contributed by atoms with Gasteiger partial charge in [0.15, 0.2) is 0 Å². The van der Waals surface area contributed by atoms with Gasteiger partial charge in [0.05, 0.1) is 9.92 Å². The van der Waals surface area contributed by atoms with Crippen LogP contribution in [-0.4, -0.2) is 23.3 Å². The molecule has 3 aromatic rings. The van der Waals surface area contributed by atoms with Gasteiger partial charge in [0, 0.05) is 0 Å². The monoisotopic (exact) mass is 375 g/mol. The van der Waals surface area contributed by atoms with Crippen molar-refractivity contribution in [1.29, 1.82) is 5.26 Å². The highest BCUT2D eigenvalue weighted by molar-refractivity contribution is 7.92. The second kappa shape index (κ2) is 6.80. The van der Waals surface area contributed by atoms with Crippen molar-refractivity contribution in [3.63, 3.8) is 0 Å². The van der Waals surface area contributed by atoms with Crippen LogP contribution in [0.5, 0.6) is 11.5 Å². The summed E-state index contributed by atoms with van der Waals surface area (Å²) in [5.41, 5.74) is 0.204. The van der Waals surface area contributed by atoms with Crippen molar-refractivity contribution < 1.29 is 13.2 Å². The van der Waals surface area contributed by atoms with E-state index in [1.165, 1.54) is 36.9 Å². The summed E-state index contributed by atoms with van der Waals surface area (Å²) in [7, 11) is -3.79. The number of ether oxygens (including phenoxy) is 1. The van der Waals surface area contributed by atoms with Crippen LogP contribution in [0, 0.1) is 11.3 Å². The topological polar surface area (TPSA) is 110 Å². The second-order valence-electron chi connectivity index (χ2n) is 4.76. The molecule has 25 heavy (non-hydrogen) atoms. The van der Waals surface area contributed by atoms with Crippen LogP contribution in [0.25, 0.3) is 0 Å². The van der Waals surface area contributed by atoms with Crippen molar-refractivity contribution in [1.82, 2.24) is 14.9 Å². The Bertz CT molecular complexity index is 1030. The fraction of sp³-hybridized carbons (Fsp3) is 0. The third-order valence-electron chi connectivity index (χ3n) is 3.09. The van der Waals surface area contributed by atoms with Crippen LogP contribution in [0.4, 0.5) is 0 Å². The quantitative estimate of drug-likeness (QED) is 0.733. The molecule has 126 valence electrons. The third-order valence-corrected chi connectivity index (χ3v) is 4.75. The summed E-state index contributed by atoms with van der Waals surface area (Å²) in [4.78, 5) is 2.30. The molecule has 0 fully saturated rings. The minimum atomic E-state index is -3.79. The van der Waals surface area contributed by atoms with Crippen LogP contribution in [-0.2, 0) is 10.0 Å². The average molecular weight is 376 g/mol. The van der Waals surface area contributed by atoms with Gasteiger partial charge in [0.25, 0.3) is 10.0 Å². The summed E-state index contributed by atoms with van der Waals surface area (Å²) in [5, 5.41) is 16.4.